The molecule has 0 fully saturated rings. The van der Waals surface area contributed by atoms with Crippen molar-refractivity contribution in [3.05, 3.63) is 12.7 Å². The minimum atomic E-state index is -2.96. The molecule has 2 nitrogen and oxygen atoms in total. The monoisotopic (exact) mass is 192 g/mol. The van der Waals surface area contributed by atoms with E-state index in [2.05, 4.69) is 6.58 Å². The highest BCUT2D eigenvalue weighted by molar-refractivity contribution is 8.69. The lowest BCUT2D eigenvalue weighted by Gasteiger charge is -2.65. The summed E-state index contributed by atoms with van der Waals surface area (Å²) in [7, 11) is -2.96. The molecule has 74 valence electrons. The molecular weight excluding hydrogens is 172 g/mol. The first kappa shape index (κ1) is 11.7. The summed E-state index contributed by atoms with van der Waals surface area (Å²) >= 11 is 0. The average molecular weight is 192 g/mol. The van der Waals surface area contributed by atoms with E-state index in [-0.39, 0.29) is 5.12 Å². The maximum Gasteiger partial charge on any atom is 0.200 e. The molecule has 0 amide bonds. The van der Waals surface area contributed by atoms with Crippen LogP contribution in [-0.4, -0.2) is 36.7 Å². The molecule has 0 heterocycles. The predicted octanol–water partition coefficient (Wildman–Crippen LogP) is 2.05. The molecule has 0 aliphatic carbocycles. The van der Waals surface area contributed by atoms with E-state index in [1.165, 1.54) is 6.08 Å². The Morgan fingerprint density at radius 1 is 1.42 bits per heavy atom. The first-order chi connectivity index (χ1) is 5.06. The van der Waals surface area contributed by atoms with Crippen molar-refractivity contribution in [2.24, 2.45) is 0 Å². The fraction of sp³-hybridized carbons (Fsp3) is 0.667. The zero-order valence-corrected chi connectivity index (χ0v) is 9.53. The third kappa shape index (κ3) is 2.35. The van der Waals surface area contributed by atoms with Gasteiger partial charge in [-0.05, 0) is 38.0 Å². The van der Waals surface area contributed by atoms with Crippen molar-refractivity contribution in [3.63, 3.8) is 0 Å². The standard InChI is InChI=1S/C9H20O2S/c1-7-9(10)12(3,4,5,6)11-8-2/h7H,1,8H2,2-6H3. The molecule has 0 rings (SSSR count). The average Bonchev–Trinajstić information content (AvgIpc) is 1.83. The van der Waals surface area contributed by atoms with E-state index in [1.54, 1.807) is 0 Å². The van der Waals surface area contributed by atoms with Gasteiger partial charge in [0.25, 0.3) is 0 Å². The lowest BCUT2D eigenvalue weighted by molar-refractivity contribution is -0.108. The van der Waals surface area contributed by atoms with Crippen LogP contribution < -0.4 is 0 Å². The van der Waals surface area contributed by atoms with E-state index in [9.17, 15) is 4.79 Å². The Hall–Kier alpha value is -0.280. The maximum atomic E-state index is 11.7. The summed E-state index contributed by atoms with van der Waals surface area (Å²) < 4.78 is 5.65. The topological polar surface area (TPSA) is 26.3 Å². The van der Waals surface area contributed by atoms with Crippen molar-refractivity contribution >= 4 is 13.7 Å². The van der Waals surface area contributed by atoms with Gasteiger partial charge >= 0.3 is 0 Å². The molecule has 0 spiro atoms. The summed E-state index contributed by atoms with van der Waals surface area (Å²) in [6.45, 7) is 5.96. The quantitative estimate of drug-likeness (QED) is 0.640. The number of rotatable bonds is 3. The molecule has 0 unspecified atom stereocenters. The summed E-state index contributed by atoms with van der Waals surface area (Å²) in [5.41, 5.74) is 0. The molecule has 0 aliphatic rings. The first-order valence-corrected chi connectivity index (χ1v) is 7.91. The molecule has 0 N–H and O–H groups in total. The van der Waals surface area contributed by atoms with Crippen LogP contribution in [0.2, 0.25) is 0 Å². The number of hydrogen-bond donors (Lipinski definition) is 0. The Bertz CT molecular complexity index is 219. The number of hydrogen-bond acceptors (Lipinski definition) is 2. The van der Waals surface area contributed by atoms with E-state index < -0.39 is 8.58 Å². The molecule has 0 aromatic carbocycles. The molecule has 0 aromatic rings. The summed E-state index contributed by atoms with van der Waals surface area (Å²) in [6.07, 6.45) is 8.94. The highest BCUT2D eigenvalue weighted by Gasteiger charge is 2.48. The lowest BCUT2D eigenvalue weighted by Crippen LogP contribution is -2.40. The predicted molar refractivity (Wildman–Crippen MR) is 58.1 cm³/mol. The third-order valence-corrected chi connectivity index (χ3v) is 4.94. The zero-order valence-electron chi connectivity index (χ0n) is 8.72. The summed E-state index contributed by atoms with van der Waals surface area (Å²) in [5.74, 6) is 0. The van der Waals surface area contributed by atoms with Crippen LogP contribution in [0, 0.1) is 0 Å². The van der Waals surface area contributed by atoms with Gasteiger partial charge in [-0.3, -0.25) is 4.79 Å². The van der Waals surface area contributed by atoms with Crippen LogP contribution in [0.1, 0.15) is 6.92 Å². The minimum absolute atomic E-state index is 0.0110. The van der Waals surface area contributed by atoms with Crippen LogP contribution in [0.25, 0.3) is 0 Å². The Kier molecular flexibility index (Phi) is 2.30. The van der Waals surface area contributed by atoms with Crippen molar-refractivity contribution in [1.29, 1.82) is 0 Å². The largest absolute Gasteiger partial charge is 0.347 e. The van der Waals surface area contributed by atoms with E-state index >= 15 is 0 Å². The van der Waals surface area contributed by atoms with Gasteiger partial charge in [-0.1, -0.05) is 6.58 Å². The molecular formula is C9H20O2S. The number of carbonyl (C=O) groups excluding carboxylic acids is 1. The van der Waals surface area contributed by atoms with Crippen molar-refractivity contribution in [1.82, 2.24) is 0 Å². The smallest absolute Gasteiger partial charge is 0.200 e. The highest BCUT2D eigenvalue weighted by Crippen LogP contribution is 2.79. The van der Waals surface area contributed by atoms with Crippen LogP contribution in [0.15, 0.2) is 12.7 Å². The van der Waals surface area contributed by atoms with Gasteiger partial charge in [-0.15, -0.1) is 0 Å². The first-order valence-electron chi connectivity index (χ1n) is 3.90. The van der Waals surface area contributed by atoms with Crippen LogP contribution in [0.3, 0.4) is 0 Å². The van der Waals surface area contributed by atoms with Crippen molar-refractivity contribution < 1.29 is 8.98 Å². The molecule has 0 bridgehead atoms. The highest BCUT2D eigenvalue weighted by atomic mass is 32.4. The Labute approximate surface area is 74.4 Å². The van der Waals surface area contributed by atoms with Crippen LogP contribution >= 0.6 is 8.58 Å². The van der Waals surface area contributed by atoms with E-state index in [4.69, 9.17) is 4.18 Å². The second kappa shape index (κ2) is 2.36. The summed E-state index contributed by atoms with van der Waals surface area (Å²) in [4.78, 5) is 11.7. The molecule has 0 atom stereocenters. The van der Waals surface area contributed by atoms with E-state index in [0.717, 1.165) is 0 Å². The Morgan fingerprint density at radius 2 is 1.83 bits per heavy atom. The molecule has 0 aliphatic heterocycles. The van der Waals surface area contributed by atoms with Crippen molar-refractivity contribution in [2.45, 2.75) is 6.92 Å². The van der Waals surface area contributed by atoms with E-state index in [0.29, 0.717) is 6.61 Å². The van der Waals surface area contributed by atoms with Crippen LogP contribution in [-0.2, 0) is 8.98 Å². The van der Waals surface area contributed by atoms with Gasteiger partial charge in [-0.25, -0.2) is 0 Å². The van der Waals surface area contributed by atoms with Crippen molar-refractivity contribution in [2.75, 3.05) is 31.6 Å². The zero-order chi connectivity index (χ0) is 10.1. The van der Waals surface area contributed by atoms with Gasteiger partial charge in [0.1, 0.15) is 0 Å². The van der Waals surface area contributed by atoms with Gasteiger partial charge in [0.05, 0.1) is 6.61 Å². The summed E-state index contributed by atoms with van der Waals surface area (Å²) in [6, 6.07) is 0. The normalized spacial score (nSPS) is 17.8. The SMILES string of the molecule is C=CC(=O)S(C)(C)(C)(C)OCC. The number of carbonyl (C=O) groups is 1. The van der Waals surface area contributed by atoms with E-state index in [1.807, 2.05) is 31.9 Å². The maximum absolute atomic E-state index is 11.7. The fourth-order valence-corrected chi connectivity index (χ4v) is 2.87. The van der Waals surface area contributed by atoms with Gasteiger partial charge in [0.2, 0.25) is 0 Å². The minimum Gasteiger partial charge on any atom is -0.347 e. The third-order valence-electron chi connectivity index (χ3n) is 1.70. The van der Waals surface area contributed by atoms with Gasteiger partial charge in [0.15, 0.2) is 5.12 Å². The van der Waals surface area contributed by atoms with Gasteiger partial charge in [0, 0.05) is 0 Å². The molecule has 0 radical (unpaired) electrons. The second-order valence-corrected chi connectivity index (χ2v) is 13.6. The van der Waals surface area contributed by atoms with Crippen molar-refractivity contribution in [3.8, 4) is 0 Å². The Balaban J connectivity index is 5.18. The lowest BCUT2D eigenvalue weighted by atomic mass is 10.7. The van der Waals surface area contributed by atoms with Crippen LogP contribution in [0.4, 0.5) is 0 Å². The van der Waals surface area contributed by atoms with Gasteiger partial charge < -0.3 is 4.18 Å². The molecule has 0 aromatic heterocycles. The molecule has 0 saturated carbocycles. The molecule has 0 saturated heterocycles. The molecule has 12 heavy (non-hydrogen) atoms. The fourth-order valence-electron chi connectivity index (χ4n) is 0.956. The molecule has 3 heteroatoms. The van der Waals surface area contributed by atoms with Crippen LogP contribution in [0.5, 0.6) is 0 Å². The Morgan fingerprint density at radius 3 is 2.08 bits per heavy atom. The summed E-state index contributed by atoms with van der Waals surface area (Å²) in [5, 5.41) is 0.0110. The van der Waals surface area contributed by atoms with Gasteiger partial charge in [-0.2, -0.15) is 8.58 Å². The second-order valence-electron chi connectivity index (χ2n) is 4.95.